The minimum absolute atomic E-state index is 0.694. The molecule has 2 heterocycles. The van der Waals surface area contributed by atoms with Crippen molar-refractivity contribution in [3.05, 3.63) is 17.1 Å². The van der Waals surface area contributed by atoms with Gasteiger partial charge in [-0.15, -0.1) is 0 Å². The molecule has 0 saturated carbocycles. The highest BCUT2D eigenvalue weighted by molar-refractivity contribution is 9.10. The summed E-state index contributed by atoms with van der Waals surface area (Å²) in [5.74, 6) is 0. The van der Waals surface area contributed by atoms with Crippen LogP contribution in [0.1, 0.15) is 6.92 Å². The molecular formula is C7H7BrN4. The number of hydrogen-bond acceptors (Lipinski definition) is 3. The Hall–Kier alpha value is -0.970. The Morgan fingerprint density at radius 2 is 2.33 bits per heavy atom. The van der Waals surface area contributed by atoms with Gasteiger partial charge in [0.15, 0.2) is 11.3 Å². The molecule has 0 spiro atoms. The van der Waals surface area contributed by atoms with Gasteiger partial charge in [0.2, 0.25) is 0 Å². The first kappa shape index (κ1) is 7.67. The molecule has 0 saturated heterocycles. The zero-order chi connectivity index (χ0) is 8.55. The lowest BCUT2D eigenvalue weighted by Gasteiger charge is -1.96. The van der Waals surface area contributed by atoms with Crippen LogP contribution in [0.15, 0.2) is 17.1 Å². The van der Waals surface area contributed by atoms with E-state index in [9.17, 15) is 0 Å². The van der Waals surface area contributed by atoms with Gasteiger partial charge in [0.25, 0.3) is 0 Å². The van der Waals surface area contributed by atoms with E-state index in [1.807, 2.05) is 11.5 Å². The van der Waals surface area contributed by atoms with E-state index in [0.29, 0.717) is 5.65 Å². The molecule has 2 aromatic rings. The van der Waals surface area contributed by atoms with Crippen molar-refractivity contribution in [3.8, 4) is 0 Å². The molecule has 0 unspecified atom stereocenters. The van der Waals surface area contributed by atoms with Crippen LogP contribution in [-0.4, -0.2) is 19.5 Å². The van der Waals surface area contributed by atoms with Crippen LogP contribution >= 0.6 is 15.9 Å². The summed E-state index contributed by atoms with van der Waals surface area (Å²) in [4.78, 5) is 12.5. The van der Waals surface area contributed by atoms with Gasteiger partial charge >= 0.3 is 0 Å². The zero-order valence-corrected chi connectivity index (χ0v) is 8.11. The van der Waals surface area contributed by atoms with Crippen molar-refractivity contribution >= 4 is 27.2 Å². The van der Waals surface area contributed by atoms with Gasteiger partial charge in [-0.1, -0.05) is 0 Å². The largest absolute Gasteiger partial charge is 0.314 e. The molecule has 62 valence electrons. The first-order valence-corrected chi connectivity index (χ1v) is 4.44. The van der Waals surface area contributed by atoms with E-state index in [4.69, 9.17) is 0 Å². The second kappa shape index (κ2) is 2.82. The normalized spacial score (nSPS) is 10.8. The molecule has 0 bridgehead atoms. The predicted octanol–water partition coefficient (Wildman–Crippen LogP) is 1.61. The van der Waals surface area contributed by atoms with Crippen LogP contribution < -0.4 is 0 Å². The fourth-order valence-electron chi connectivity index (χ4n) is 1.05. The van der Waals surface area contributed by atoms with Crippen molar-refractivity contribution in [3.63, 3.8) is 0 Å². The summed E-state index contributed by atoms with van der Waals surface area (Å²) >= 11 is 3.27. The van der Waals surface area contributed by atoms with E-state index in [1.165, 1.54) is 0 Å². The van der Waals surface area contributed by atoms with Gasteiger partial charge in [-0.3, -0.25) is 0 Å². The monoisotopic (exact) mass is 226 g/mol. The van der Waals surface area contributed by atoms with Crippen molar-refractivity contribution in [2.45, 2.75) is 13.5 Å². The van der Waals surface area contributed by atoms with Crippen molar-refractivity contribution in [1.29, 1.82) is 0 Å². The van der Waals surface area contributed by atoms with Crippen molar-refractivity contribution < 1.29 is 0 Å². The Bertz CT molecular complexity index is 409. The molecule has 0 atom stereocenters. The molecule has 0 amide bonds. The predicted molar refractivity (Wildman–Crippen MR) is 48.7 cm³/mol. The first-order chi connectivity index (χ1) is 5.81. The van der Waals surface area contributed by atoms with Gasteiger partial charge in [0.05, 0.1) is 12.5 Å². The van der Waals surface area contributed by atoms with Crippen LogP contribution in [0.5, 0.6) is 0 Å². The van der Waals surface area contributed by atoms with Crippen LogP contribution in [0.3, 0.4) is 0 Å². The SMILES string of the molecule is CCn1cnc2ncc(Br)nc21. The number of rotatable bonds is 1. The lowest BCUT2D eigenvalue weighted by atomic mass is 10.6. The number of nitrogens with zero attached hydrogens (tertiary/aromatic N) is 4. The third kappa shape index (κ3) is 1.10. The smallest absolute Gasteiger partial charge is 0.197 e. The minimum atomic E-state index is 0.694. The summed E-state index contributed by atoms with van der Waals surface area (Å²) in [5, 5.41) is 0. The highest BCUT2D eigenvalue weighted by Crippen LogP contribution is 2.10. The van der Waals surface area contributed by atoms with Gasteiger partial charge in [-0.05, 0) is 22.9 Å². The molecule has 0 aliphatic carbocycles. The van der Waals surface area contributed by atoms with Crippen LogP contribution in [0.25, 0.3) is 11.3 Å². The fourth-order valence-corrected chi connectivity index (χ4v) is 1.32. The van der Waals surface area contributed by atoms with Gasteiger partial charge in [0.1, 0.15) is 4.60 Å². The lowest BCUT2D eigenvalue weighted by Crippen LogP contribution is -1.93. The second-order valence-electron chi connectivity index (χ2n) is 2.37. The minimum Gasteiger partial charge on any atom is -0.314 e. The van der Waals surface area contributed by atoms with Gasteiger partial charge < -0.3 is 4.57 Å². The Labute approximate surface area is 77.8 Å². The molecule has 0 N–H and O–H groups in total. The molecule has 0 aliphatic heterocycles. The van der Waals surface area contributed by atoms with Crippen LogP contribution in [-0.2, 0) is 6.54 Å². The van der Waals surface area contributed by atoms with E-state index in [1.54, 1.807) is 12.5 Å². The molecule has 12 heavy (non-hydrogen) atoms. The molecule has 2 aromatic heterocycles. The summed E-state index contributed by atoms with van der Waals surface area (Å²) in [6, 6.07) is 0. The number of hydrogen-bond donors (Lipinski definition) is 0. The molecule has 5 heteroatoms. The Morgan fingerprint density at radius 3 is 3.08 bits per heavy atom. The number of aromatic nitrogens is 4. The molecular weight excluding hydrogens is 220 g/mol. The van der Waals surface area contributed by atoms with E-state index >= 15 is 0 Å². The molecule has 0 radical (unpaired) electrons. The summed E-state index contributed by atoms with van der Waals surface area (Å²) < 4.78 is 2.69. The van der Waals surface area contributed by atoms with Crippen LogP contribution in [0, 0.1) is 0 Å². The average molecular weight is 227 g/mol. The van der Waals surface area contributed by atoms with E-state index in [2.05, 4.69) is 30.9 Å². The van der Waals surface area contributed by atoms with Crippen molar-refractivity contribution in [2.24, 2.45) is 0 Å². The number of aryl methyl sites for hydroxylation is 1. The topological polar surface area (TPSA) is 43.6 Å². The maximum absolute atomic E-state index is 4.26. The van der Waals surface area contributed by atoms with Gasteiger partial charge in [-0.2, -0.15) is 0 Å². The second-order valence-corrected chi connectivity index (χ2v) is 3.18. The quantitative estimate of drug-likeness (QED) is 0.743. The third-order valence-electron chi connectivity index (χ3n) is 1.64. The number of halogens is 1. The summed E-state index contributed by atoms with van der Waals surface area (Å²) in [5.41, 5.74) is 1.52. The maximum Gasteiger partial charge on any atom is 0.197 e. The van der Waals surface area contributed by atoms with Crippen molar-refractivity contribution in [2.75, 3.05) is 0 Å². The summed E-state index contributed by atoms with van der Waals surface area (Å²) in [7, 11) is 0. The standard InChI is InChI=1S/C7H7BrN4/c1-2-12-4-10-6-7(12)11-5(8)3-9-6/h3-4H,2H2,1H3. The lowest BCUT2D eigenvalue weighted by molar-refractivity contribution is 0.777. The van der Waals surface area contributed by atoms with Crippen molar-refractivity contribution in [1.82, 2.24) is 19.5 Å². The highest BCUT2D eigenvalue weighted by atomic mass is 79.9. The number of imidazole rings is 1. The number of fused-ring (bicyclic) bond motifs is 1. The summed E-state index contributed by atoms with van der Waals surface area (Å²) in [6.45, 7) is 2.91. The maximum atomic E-state index is 4.26. The van der Waals surface area contributed by atoms with E-state index < -0.39 is 0 Å². The molecule has 0 aliphatic rings. The summed E-state index contributed by atoms with van der Waals surface area (Å²) in [6.07, 6.45) is 3.40. The van der Waals surface area contributed by atoms with Crippen LogP contribution in [0.4, 0.5) is 0 Å². The van der Waals surface area contributed by atoms with Crippen LogP contribution in [0.2, 0.25) is 0 Å². The Balaban J connectivity index is 2.75. The highest BCUT2D eigenvalue weighted by Gasteiger charge is 2.03. The third-order valence-corrected chi connectivity index (χ3v) is 2.02. The average Bonchev–Trinajstić information content (AvgIpc) is 2.46. The fraction of sp³-hybridized carbons (Fsp3) is 0.286. The van der Waals surface area contributed by atoms with Gasteiger partial charge in [-0.25, -0.2) is 15.0 Å². The van der Waals surface area contributed by atoms with E-state index in [-0.39, 0.29) is 0 Å². The molecule has 2 rings (SSSR count). The first-order valence-electron chi connectivity index (χ1n) is 3.64. The molecule has 0 fully saturated rings. The zero-order valence-electron chi connectivity index (χ0n) is 6.53. The van der Waals surface area contributed by atoms with Gasteiger partial charge in [0, 0.05) is 6.54 Å². The Kier molecular flexibility index (Phi) is 1.80. The van der Waals surface area contributed by atoms with E-state index in [0.717, 1.165) is 16.8 Å². The molecule has 4 nitrogen and oxygen atoms in total. The Morgan fingerprint density at radius 1 is 1.50 bits per heavy atom. The molecule has 0 aromatic carbocycles.